The molecule has 0 aromatic heterocycles. The first-order valence-electron chi connectivity index (χ1n) is 5.49. The van der Waals surface area contributed by atoms with Gasteiger partial charge >= 0.3 is 5.97 Å². The van der Waals surface area contributed by atoms with E-state index in [-0.39, 0.29) is 0 Å². The highest BCUT2D eigenvalue weighted by Crippen LogP contribution is 2.23. The van der Waals surface area contributed by atoms with Crippen LogP contribution in [-0.4, -0.2) is 5.97 Å². The van der Waals surface area contributed by atoms with Gasteiger partial charge in [0.1, 0.15) is 6.07 Å². The minimum absolute atomic E-state index is 0.432. The van der Waals surface area contributed by atoms with Crippen LogP contribution in [0.25, 0.3) is 0 Å². The SMILES string of the molecule is CC(C)(C)C(=O)O[C@@H](C#N)c1ccc(C#N)cc1. The van der Waals surface area contributed by atoms with E-state index in [4.69, 9.17) is 15.3 Å². The third kappa shape index (κ3) is 3.33. The summed E-state index contributed by atoms with van der Waals surface area (Å²) in [5.41, 5.74) is 0.411. The summed E-state index contributed by atoms with van der Waals surface area (Å²) in [6.45, 7) is 5.17. The topological polar surface area (TPSA) is 73.9 Å². The van der Waals surface area contributed by atoms with Gasteiger partial charge in [-0.1, -0.05) is 12.1 Å². The highest BCUT2D eigenvalue weighted by Gasteiger charge is 2.26. The fourth-order valence-corrected chi connectivity index (χ4v) is 1.19. The second kappa shape index (κ2) is 5.33. The van der Waals surface area contributed by atoms with Crippen molar-refractivity contribution in [2.24, 2.45) is 5.41 Å². The number of ether oxygens (including phenoxy) is 1. The summed E-state index contributed by atoms with van der Waals surface area (Å²) in [4.78, 5) is 11.7. The molecule has 0 N–H and O–H groups in total. The molecule has 0 amide bonds. The lowest BCUT2D eigenvalue weighted by molar-refractivity contribution is -0.156. The van der Waals surface area contributed by atoms with E-state index in [1.807, 2.05) is 12.1 Å². The molecule has 0 saturated heterocycles. The Morgan fingerprint density at radius 3 is 2.17 bits per heavy atom. The molecule has 0 unspecified atom stereocenters. The van der Waals surface area contributed by atoms with Crippen LogP contribution in [0.2, 0.25) is 0 Å². The monoisotopic (exact) mass is 242 g/mol. The second-order valence-corrected chi connectivity index (χ2v) is 4.90. The third-order valence-corrected chi connectivity index (χ3v) is 2.30. The highest BCUT2D eigenvalue weighted by atomic mass is 16.5. The number of nitrogens with zero attached hydrogens (tertiary/aromatic N) is 2. The van der Waals surface area contributed by atoms with E-state index in [1.54, 1.807) is 45.0 Å². The van der Waals surface area contributed by atoms with Gasteiger partial charge in [0, 0.05) is 5.56 Å². The predicted molar refractivity (Wildman–Crippen MR) is 65.1 cm³/mol. The van der Waals surface area contributed by atoms with E-state index in [0.717, 1.165) is 0 Å². The van der Waals surface area contributed by atoms with Gasteiger partial charge in [-0.2, -0.15) is 10.5 Å². The van der Waals surface area contributed by atoms with Crippen LogP contribution in [-0.2, 0) is 9.53 Å². The summed E-state index contributed by atoms with van der Waals surface area (Å²) in [5.74, 6) is -0.432. The van der Waals surface area contributed by atoms with Gasteiger partial charge in [0.2, 0.25) is 6.10 Å². The molecule has 1 aromatic carbocycles. The zero-order chi connectivity index (χ0) is 13.8. The number of hydrogen-bond donors (Lipinski definition) is 0. The van der Waals surface area contributed by atoms with Crippen LogP contribution >= 0.6 is 0 Å². The van der Waals surface area contributed by atoms with Gasteiger partial charge in [-0.25, -0.2) is 0 Å². The molecule has 0 spiro atoms. The molecule has 0 bridgehead atoms. The fourth-order valence-electron chi connectivity index (χ4n) is 1.19. The van der Waals surface area contributed by atoms with Crippen molar-refractivity contribution in [2.75, 3.05) is 0 Å². The number of carbonyl (C=O) groups is 1. The Balaban J connectivity index is 2.88. The van der Waals surface area contributed by atoms with Crippen LogP contribution in [0.5, 0.6) is 0 Å². The standard InChI is InChI=1S/C14H14N2O2/c1-14(2,3)13(17)18-12(9-16)11-6-4-10(8-15)5-7-11/h4-7,12H,1-3H3/t12-/m0/s1. The maximum absolute atomic E-state index is 11.7. The summed E-state index contributed by atoms with van der Waals surface area (Å²) in [5, 5.41) is 17.7. The maximum Gasteiger partial charge on any atom is 0.312 e. The molecule has 0 heterocycles. The van der Waals surface area contributed by atoms with Gasteiger partial charge in [-0.15, -0.1) is 0 Å². The lowest BCUT2D eigenvalue weighted by atomic mass is 9.97. The molecule has 1 rings (SSSR count). The van der Waals surface area contributed by atoms with E-state index in [2.05, 4.69) is 0 Å². The zero-order valence-electron chi connectivity index (χ0n) is 10.6. The smallest absolute Gasteiger partial charge is 0.312 e. The first-order valence-corrected chi connectivity index (χ1v) is 5.49. The minimum atomic E-state index is -0.940. The molecular formula is C14H14N2O2. The van der Waals surface area contributed by atoms with Crippen molar-refractivity contribution in [3.8, 4) is 12.1 Å². The molecule has 0 fully saturated rings. The first-order chi connectivity index (χ1) is 8.38. The molecule has 0 saturated carbocycles. The molecule has 4 nitrogen and oxygen atoms in total. The number of esters is 1. The van der Waals surface area contributed by atoms with Crippen LogP contribution in [0.3, 0.4) is 0 Å². The average Bonchev–Trinajstić information content (AvgIpc) is 2.34. The van der Waals surface area contributed by atoms with E-state index < -0.39 is 17.5 Å². The van der Waals surface area contributed by atoms with Crippen LogP contribution in [0.1, 0.15) is 38.0 Å². The van der Waals surface area contributed by atoms with Crippen LogP contribution in [0.15, 0.2) is 24.3 Å². The van der Waals surface area contributed by atoms with Crippen molar-refractivity contribution in [1.29, 1.82) is 10.5 Å². The van der Waals surface area contributed by atoms with Crippen LogP contribution in [0, 0.1) is 28.1 Å². The molecule has 0 aliphatic rings. The van der Waals surface area contributed by atoms with E-state index >= 15 is 0 Å². The Morgan fingerprint density at radius 1 is 1.22 bits per heavy atom. The number of carbonyl (C=O) groups excluding carboxylic acids is 1. The number of rotatable bonds is 2. The van der Waals surface area contributed by atoms with Gasteiger partial charge in [0.25, 0.3) is 0 Å². The largest absolute Gasteiger partial charge is 0.442 e. The van der Waals surface area contributed by atoms with Gasteiger partial charge in [0.05, 0.1) is 17.0 Å². The van der Waals surface area contributed by atoms with Crippen LogP contribution < -0.4 is 0 Å². The summed E-state index contributed by atoms with van der Waals surface area (Å²) < 4.78 is 5.14. The molecule has 92 valence electrons. The van der Waals surface area contributed by atoms with Crippen molar-refractivity contribution in [3.05, 3.63) is 35.4 Å². The Kier molecular flexibility index (Phi) is 4.07. The average molecular weight is 242 g/mol. The van der Waals surface area contributed by atoms with E-state index in [1.165, 1.54) is 0 Å². The van der Waals surface area contributed by atoms with Crippen molar-refractivity contribution >= 4 is 5.97 Å². The molecule has 18 heavy (non-hydrogen) atoms. The molecule has 0 aliphatic heterocycles. The Labute approximate surface area is 106 Å². The normalized spacial score (nSPS) is 12.1. The number of benzene rings is 1. The minimum Gasteiger partial charge on any atom is -0.442 e. The van der Waals surface area contributed by atoms with Gasteiger partial charge in [-0.3, -0.25) is 4.79 Å². The van der Waals surface area contributed by atoms with Crippen molar-refractivity contribution in [3.63, 3.8) is 0 Å². The maximum atomic E-state index is 11.7. The Hall–Kier alpha value is -2.33. The van der Waals surface area contributed by atoms with Crippen LogP contribution in [0.4, 0.5) is 0 Å². The molecule has 1 atom stereocenters. The number of nitriles is 2. The van der Waals surface area contributed by atoms with Crippen molar-refractivity contribution in [1.82, 2.24) is 0 Å². The molecule has 1 aromatic rings. The summed E-state index contributed by atoms with van der Waals surface area (Å²) in [6.07, 6.45) is -0.940. The van der Waals surface area contributed by atoms with Gasteiger partial charge in [-0.05, 0) is 32.9 Å². The summed E-state index contributed by atoms with van der Waals surface area (Å²) >= 11 is 0. The summed E-state index contributed by atoms with van der Waals surface area (Å²) in [7, 11) is 0. The second-order valence-electron chi connectivity index (χ2n) is 4.90. The Bertz CT molecular complexity index is 513. The fraction of sp³-hybridized carbons (Fsp3) is 0.357. The molecule has 0 radical (unpaired) electrons. The van der Waals surface area contributed by atoms with Crippen molar-refractivity contribution < 1.29 is 9.53 Å². The quantitative estimate of drug-likeness (QED) is 0.747. The van der Waals surface area contributed by atoms with Gasteiger partial charge < -0.3 is 4.74 Å². The van der Waals surface area contributed by atoms with Gasteiger partial charge in [0.15, 0.2) is 0 Å². The molecule has 4 heteroatoms. The van der Waals surface area contributed by atoms with E-state index in [9.17, 15) is 4.79 Å². The predicted octanol–water partition coefficient (Wildman–Crippen LogP) is 2.71. The van der Waals surface area contributed by atoms with Crippen molar-refractivity contribution in [2.45, 2.75) is 26.9 Å². The zero-order valence-corrected chi connectivity index (χ0v) is 10.6. The Morgan fingerprint density at radius 2 is 1.78 bits per heavy atom. The summed E-state index contributed by atoms with van der Waals surface area (Å²) in [6, 6.07) is 10.3. The molecule has 0 aliphatic carbocycles. The lowest BCUT2D eigenvalue weighted by Gasteiger charge is -2.19. The lowest BCUT2D eigenvalue weighted by Crippen LogP contribution is -2.24. The molecular weight excluding hydrogens is 228 g/mol. The first kappa shape index (κ1) is 13.7. The highest BCUT2D eigenvalue weighted by molar-refractivity contribution is 5.75. The number of hydrogen-bond acceptors (Lipinski definition) is 4. The third-order valence-electron chi connectivity index (χ3n) is 2.30. The van der Waals surface area contributed by atoms with E-state index in [0.29, 0.717) is 11.1 Å².